The molecule has 5 heteroatoms. The SMILES string of the molecule is COCCNC(=O)CNCCc1cccs1. The second-order valence-corrected chi connectivity index (χ2v) is 4.38. The standard InChI is InChI=1S/C11H18N2O2S/c1-15-7-6-13-11(14)9-12-5-4-10-3-2-8-16-10/h2-3,8,12H,4-7,9H2,1H3,(H,13,14). The quantitative estimate of drug-likeness (QED) is 0.658. The van der Waals surface area contributed by atoms with Crippen LogP contribution in [0.1, 0.15) is 4.88 Å². The van der Waals surface area contributed by atoms with Crippen molar-refractivity contribution >= 4 is 17.2 Å². The van der Waals surface area contributed by atoms with Crippen molar-refractivity contribution in [1.82, 2.24) is 10.6 Å². The normalized spacial score (nSPS) is 10.3. The van der Waals surface area contributed by atoms with Gasteiger partial charge in [0.25, 0.3) is 0 Å². The average Bonchev–Trinajstić information content (AvgIpc) is 2.78. The van der Waals surface area contributed by atoms with Gasteiger partial charge >= 0.3 is 0 Å². The van der Waals surface area contributed by atoms with Crippen molar-refractivity contribution in [1.29, 1.82) is 0 Å². The maximum Gasteiger partial charge on any atom is 0.234 e. The second kappa shape index (κ2) is 8.27. The van der Waals surface area contributed by atoms with E-state index < -0.39 is 0 Å². The Morgan fingerprint density at radius 2 is 2.38 bits per heavy atom. The van der Waals surface area contributed by atoms with E-state index in [-0.39, 0.29) is 5.91 Å². The van der Waals surface area contributed by atoms with E-state index in [1.54, 1.807) is 18.4 Å². The third-order valence-electron chi connectivity index (χ3n) is 2.04. The molecule has 16 heavy (non-hydrogen) atoms. The van der Waals surface area contributed by atoms with E-state index >= 15 is 0 Å². The number of carbonyl (C=O) groups is 1. The van der Waals surface area contributed by atoms with Crippen LogP contribution in [-0.4, -0.2) is 39.3 Å². The molecular weight excluding hydrogens is 224 g/mol. The minimum absolute atomic E-state index is 0.0169. The lowest BCUT2D eigenvalue weighted by Crippen LogP contribution is -2.36. The largest absolute Gasteiger partial charge is 0.383 e. The molecule has 0 bridgehead atoms. The van der Waals surface area contributed by atoms with Gasteiger partial charge in [-0.25, -0.2) is 0 Å². The first-order valence-corrected chi connectivity index (χ1v) is 6.19. The maximum absolute atomic E-state index is 11.3. The first kappa shape index (κ1) is 13.2. The Labute approximate surface area is 100 Å². The number of ether oxygens (including phenoxy) is 1. The van der Waals surface area contributed by atoms with Gasteiger partial charge in [0, 0.05) is 25.1 Å². The molecule has 2 N–H and O–H groups in total. The van der Waals surface area contributed by atoms with Gasteiger partial charge in [0.2, 0.25) is 5.91 Å². The van der Waals surface area contributed by atoms with Crippen LogP contribution in [0.5, 0.6) is 0 Å². The molecule has 0 aliphatic carbocycles. The van der Waals surface area contributed by atoms with E-state index in [1.807, 2.05) is 6.07 Å². The van der Waals surface area contributed by atoms with Crippen LogP contribution < -0.4 is 10.6 Å². The number of methoxy groups -OCH3 is 1. The number of rotatable bonds is 8. The summed E-state index contributed by atoms with van der Waals surface area (Å²) < 4.78 is 4.83. The van der Waals surface area contributed by atoms with Crippen LogP contribution in [0.15, 0.2) is 17.5 Å². The lowest BCUT2D eigenvalue weighted by molar-refractivity contribution is -0.120. The smallest absolute Gasteiger partial charge is 0.234 e. The molecule has 0 atom stereocenters. The van der Waals surface area contributed by atoms with Gasteiger partial charge in [-0.1, -0.05) is 6.07 Å². The van der Waals surface area contributed by atoms with Gasteiger partial charge in [-0.2, -0.15) is 0 Å². The van der Waals surface area contributed by atoms with Crippen LogP contribution in [0.25, 0.3) is 0 Å². The summed E-state index contributed by atoms with van der Waals surface area (Å²) in [4.78, 5) is 12.6. The molecule has 1 amide bonds. The molecule has 0 aromatic carbocycles. The monoisotopic (exact) mass is 242 g/mol. The highest BCUT2D eigenvalue weighted by Gasteiger charge is 1.99. The zero-order chi connectivity index (χ0) is 11.6. The van der Waals surface area contributed by atoms with Gasteiger partial charge < -0.3 is 15.4 Å². The minimum Gasteiger partial charge on any atom is -0.383 e. The Hall–Kier alpha value is -0.910. The average molecular weight is 242 g/mol. The van der Waals surface area contributed by atoms with Crippen LogP contribution in [0.3, 0.4) is 0 Å². The van der Waals surface area contributed by atoms with E-state index in [4.69, 9.17) is 4.74 Å². The summed E-state index contributed by atoms with van der Waals surface area (Å²) in [6.45, 7) is 2.33. The third kappa shape index (κ3) is 5.85. The summed E-state index contributed by atoms with van der Waals surface area (Å²) in [6, 6.07) is 4.14. The number of hydrogen-bond acceptors (Lipinski definition) is 4. The lowest BCUT2D eigenvalue weighted by atomic mass is 10.3. The third-order valence-corrected chi connectivity index (χ3v) is 2.98. The molecule has 0 saturated heterocycles. The maximum atomic E-state index is 11.3. The number of hydrogen-bond donors (Lipinski definition) is 2. The number of amides is 1. The van der Waals surface area contributed by atoms with E-state index in [2.05, 4.69) is 22.1 Å². The van der Waals surface area contributed by atoms with Crippen molar-refractivity contribution in [3.63, 3.8) is 0 Å². The fourth-order valence-corrected chi connectivity index (χ4v) is 1.93. The highest BCUT2D eigenvalue weighted by Crippen LogP contribution is 2.07. The number of carbonyl (C=O) groups excluding carboxylic acids is 1. The highest BCUT2D eigenvalue weighted by molar-refractivity contribution is 7.09. The van der Waals surface area contributed by atoms with Crippen molar-refractivity contribution in [3.8, 4) is 0 Å². The first-order chi connectivity index (χ1) is 7.83. The Bertz CT molecular complexity index is 288. The minimum atomic E-state index is 0.0169. The predicted octanol–water partition coefficient (Wildman–Crippen LogP) is 0.643. The summed E-state index contributed by atoms with van der Waals surface area (Å²) in [6.07, 6.45) is 0.975. The molecule has 0 unspecified atom stereocenters. The number of thiophene rings is 1. The predicted molar refractivity (Wildman–Crippen MR) is 65.8 cm³/mol. The molecule has 1 rings (SSSR count). The summed E-state index contributed by atoms with van der Waals surface area (Å²) in [7, 11) is 1.62. The highest BCUT2D eigenvalue weighted by atomic mass is 32.1. The lowest BCUT2D eigenvalue weighted by Gasteiger charge is -2.05. The van der Waals surface area contributed by atoms with Crippen LogP contribution in [0, 0.1) is 0 Å². The molecule has 1 aromatic rings. The van der Waals surface area contributed by atoms with E-state index in [0.29, 0.717) is 19.7 Å². The molecule has 4 nitrogen and oxygen atoms in total. The van der Waals surface area contributed by atoms with Gasteiger partial charge in [-0.15, -0.1) is 11.3 Å². The van der Waals surface area contributed by atoms with E-state index in [1.165, 1.54) is 4.88 Å². The van der Waals surface area contributed by atoms with Gasteiger partial charge in [0.15, 0.2) is 0 Å². The van der Waals surface area contributed by atoms with Crippen molar-refractivity contribution in [3.05, 3.63) is 22.4 Å². The van der Waals surface area contributed by atoms with E-state index in [9.17, 15) is 4.79 Å². The molecule has 0 aliphatic heterocycles. The van der Waals surface area contributed by atoms with E-state index in [0.717, 1.165) is 13.0 Å². The zero-order valence-electron chi connectivity index (χ0n) is 9.49. The summed E-state index contributed by atoms with van der Waals surface area (Å²) in [5.41, 5.74) is 0. The van der Waals surface area contributed by atoms with Crippen molar-refractivity contribution in [2.75, 3.05) is 33.4 Å². The van der Waals surface area contributed by atoms with Gasteiger partial charge in [-0.3, -0.25) is 4.79 Å². The first-order valence-electron chi connectivity index (χ1n) is 5.31. The van der Waals surface area contributed by atoms with Crippen molar-refractivity contribution < 1.29 is 9.53 Å². The van der Waals surface area contributed by atoms with Crippen LogP contribution in [0.2, 0.25) is 0 Å². The fraction of sp³-hybridized carbons (Fsp3) is 0.545. The van der Waals surface area contributed by atoms with Gasteiger partial charge in [-0.05, 0) is 17.9 Å². The Balaban J connectivity index is 1.96. The molecule has 1 heterocycles. The Kier molecular flexibility index (Phi) is 6.80. The Morgan fingerprint density at radius 3 is 3.06 bits per heavy atom. The van der Waals surface area contributed by atoms with Crippen LogP contribution in [0.4, 0.5) is 0 Å². The van der Waals surface area contributed by atoms with Gasteiger partial charge in [0.1, 0.15) is 0 Å². The van der Waals surface area contributed by atoms with Crippen LogP contribution >= 0.6 is 11.3 Å². The molecule has 0 radical (unpaired) electrons. The summed E-state index contributed by atoms with van der Waals surface area (Å²) in [5.74, 6) is 0.0169. The summed E-state index contributed by atoms with van der Waals surface area (Å²) >= 11 is 1.74. The molecule has 0 aliphatic rings. The molecule has 0 fully saturated rings. The molecule has 90 valence electrons. The van der Waals surface area contributed by atoms with Crippen LogP contribution in [-0.2, 0) is 16.0 Å². The van der Waals surface area contributed by atoms with Gasteiger partial charge in [0.05, 0.1) is 13.2 Å². The Morgan fingerprint density at radius 1 is 1.50 bits per heavy atom. The molecule has 1 aromatic heterocycles. The molecule has 0 spiro atoms. The second-order valence-electron chi connectivity index (χ2n) is 3.35. The van der Waals surface area contributed by atoms with Crippen molar-refractivity contribution in [2.24, 2.45) is 0 Å². The fourth-order valence-electron chi connectivity index (χ4n) is 1.22. The number of nitrogens with one attached hydrogen (secondary N) is 2. The molecular formula is C11H18N2O2S. The zero-order valence-corrected chi connectivity index (χ0v) is 10.3. The summed E-state index contributed by atoms with van der Waals surface area (Å²) in [5, 5.41) is 7.92. The van der Waals surface area contributed by atoms with Crippen molar-refractivity contribution in [2.45, 2.75) is 6.42 Å². The molecule has 0 saturated carbocycles. The topological polar surface area (TPSA) is 50.4 Å².